The van der Waals surface area contributed by atoms with Crippen LogP contribution in [-0.4, -0.2) is 74.6 Å². The van der Waals surface area contributed by atoms with Crippen molar-refractivity contribution in [3.05, 3.63) is 59.2 Å². The second kappa shape index (κ2) is 11.9. The number of nitrogens with zero attached hydrogens (tertiary/aromatic N) is 2. The molecule has 0 radical (unpaired) electrons. The van der Waals surface area contributed by atoms with Crippen LogP contribution in [0.5, 0.6) is 17.2 Å². The van der Waals surface area contributed by atoms with Crippen molar-refractivity contribution in [2.24, 2.45) is 5.92 Å². The third-order valence-electron chi connectivity index (χ3n) is 5.99. The predicted molar refractivity (Wildman–Crippen MR) is 139 cm³/mol. The first kappa shape index (κ1) is 27.1. The Hall–Kier alpha value is -3.52. The van der Waals surface area contributed by atoms with Crippen LogP contribution < -0.4 is 14.2 Å². The summed E-state index contributed by atoms with van der Waals surface area (Å²) in [7, 11) is 6.97. The number of rotatable bonds is 11. The number of methoxy groups -OCH3 is 2. The number of amides is 1. The number of hydrogen-bond donors (Lipinski definition) is 1. The summed E-state index contributed by atoms with van der Waals surface area (Å²) in [6.07, 6.45) is 0.664. The number of ether oxygens (including phenoxy) is 3. The van der Waals surface area contributed by atoms with E-state index in [4.69, 9.17) is 14.2 Å². The molecule has 1 saturated heterocycles. The zero-order valence-corrected chi connectivity index (χ0v) is 21.9. The van der Waals surface area contributed by atoms with Gasteiger partial charge in [-0.25, -0.2) is 0 Å². The lowest BCUT2D eigenvalue weighted by molar-refractivity contribution is -0.140. The van der Waals surface area contributed by atoms with Gasteiger partial charge >= 0.3 is 0 Å². The molecule has 0 spiro atoms. The van der Waals surface area contributed by atoms with E-state index in [1.165, 1.54) is 12.0 Å². The number of carbonyl (C=O) groups is 2. The van der Waals surface area contributed by atoms with Crippen LogP contribution in [0.15, 0.2) is 48.0 Å². The van der Waals surface area contributed by atoms with E-state index < -0.39 is 17.7 Å². The van der Waals surface area contributed by atoms with Gasteiger partial charge < -0.3 is 29.1 Å². The van der Waals surface area contributed by atoms with E-state index in [0.717, 1.165) is 6.54 Å². The minimum absolute atomic E-state index is 0.0316. The van der Waals surface area contributed by atoms with E-state index in [2.05, 4.69) is 13.8 Å². The first-order valence-corrected chi connectivity index (χ1v) is 12.1. The number of hydrogen-bond acceptors (Lipinski definition) is 7. The quantitative estimate of drug-likeness (QED) is 0.285. The maximum absolute atomic E-state index is 13.3. The predicted octanol–water partition coefficient (Wildman–Crippen LogP) is 4.11. The molecule has 0 aliphatic carbocycles. The van der Waals surface area contributed by atoms with Gasteiger partial charge in [-0.05, 0) is 69.4 Å². The van der Waals surface area contributed by atoms with E-state index in [-0.39, 0.29) is 11.3 Å². The minimum atomic E-state index is -0.801. The number of benzene rings is 2. The first-order valence-electron chi connectivity index (χ1n) is 12.1. The van der Waals surface area contributed by atoms with Crippen molar-refractivity contribution in [3.8, 4) is 17.2 Å². The summed E-state index contributed by atoms with van der Waals surface area (Å²) in [6.45, 7) is 5.78. The van der Waals surface area contributed by atoms with E-state index in [9.17, 15) is 14.7 Å². The Morgan fingerprint density at radius 3 is 2.28 bits per heavy atom. The summed E-state index contributed by atoms with van der Waals surface area (Å²) >= 11 is 0. The highest BCUT2D eigenvalue weighted by molar-refractivity contribution is 6.46. The highest BCUT2D eigenvalue weighted by Crippen LogP contribution is 2.43. The summed E-state index contributed by atoms with van der Waals surface area (Å²) in [5, 5.41) is 11.3. The van der Waals surface area contributed by atoms with Crippen molar-refractivity contribution in [3.63, 3.8) is 0 Å². The topological polar surface area (TPSA) is 88.5 Å². The van der Waals surface area contributed by atoms with Crippen molar-refractivity contribution >= 4 is 17.4 Å². The highest BCUT2D eigenvalue weighted by atomic mass is 16.5. The molecule has 2 aromatic rings. The molecule has 36 heavy (non-hydrogen) atoms. The average Bonchev–Trinajstić information content (AvgIpc) is 3.11. The van der Waals surface area contributed by atoms with Crippen molar-refractivity contribution in [2.45, 2.75) is 26.3 Å². The SMILES string of the molecule is COc1ccc(C2/C(=C(/O)c3ccc(OCC(C)C)cc3)C(=O)C(=O)N2CCCN(C)C)c(OC)c1. The molecular formula is C28H36N2O6. The Bertz CT molecular complexity index is 1110. The molecule has 1 aliphatic heterocycles. The van der Waals surface area contributed by atoms with Gasteiger partial charge in [0.2, 0.25) is 0 Å². The van der Waals surface area contributed by atoms with Gasteiger partial charge in [0, 0.05) is 23.7 Å². The summed E-state index contributed by atoms with van der Waals surface area (Å²) in [5.41, 5.74) is 1.06. The second-order valence-electron chi connectivity index (χ2n) is 9.49. The molecule has 2 aromatic carbocycles. The van der Waals surface area contributed by atoms with Gasteiger partial charge in [-0.2, -0.15) is 0 Å². The summed E-state index contributed by atoms with van der Waals surface area (Å²) in [6, 6.07) is 11.3. The average molecular weight is 497 g/mol. The van der Waals surface area contributed by atoms with Gasteiger partial charge in [0.05, 0.1) is 32.4 Å². The van der Waals surface area contributed by atoms with Crippen LogP contribution in [0.4, 0.5) is 0 Å². The van der Waals surface area contributed by atoms with Gasteiger partial charge in [0.15, 0.2) is 0 Å². The van der Waals surface area contributed by atoms with Gasteiger partial charge in [-0.1, -0.05) is 13.8 Å². The third-order valence-corrected chi connectivity index (χ3v) is 5.99. The standard InChI is InChI=1S/C28H36N2O6/c1-18(2)17-36-20-10-8-19(9-11-20)26(31)24-25(22-13-12-21(34-5)16-23(22)35-6)30(28(33)27(24)32)15-7-14-29(3)4/h8-13,16,18,25,31H,7,14-15,17H2,1-6H3/b26-24-. The van der Waals surface area contributed by atoms with Crippen LogP contribution in [0.3, 0.4) is 0 Å². The van der Waals surface area contributed by atoms with Crippen LogP contribution >= 0.6 is 0 Å². The van der Waals surface area contributed by atoms with Gasteiger partial charge in [0.25, 0.3) is 11.7 Å². The molecule has 0 saturated carbocycles. The van der Waals surface area contributed by atoms with Crippen LogP contribution in [0.25, 0.3) is 5.76 Å². The zero-order valence-electron chi connectivity index (χ0n) is 21.9. The Morgan fingerprint density at radius 1 is 1.03 bits per heavy atom. The lowest BCUT2D eigenvalue weighted by Gasteiger charge is -2.27. The smallest absolute Gasteiger partial charge is 0.295 e. The van der Waals surface area contributed by atoms with Crippen molar-refractivity contribution in [2.75, 3.05) is 48.0 Å². The highest BCUT2D eigenvalue weighted by Gasteiger charge is 2.46. The van der Waals surface area contributed by atoms with Crippen molar-refractivity contribution < 1.29 is 28.9 Å². The summed E-state index contributed by atoms with van der Waals surface area (Å²) in [4.78, 5) is 30.0. The molecular weight excluding hydrogens is 460 g/mol. The number of carbonyl (C=O) groups excluding carboxylic acids is 2. The fourth-order valence-corrected chi connectivity index (χ4v) is 4.16. The Morgan fingerprint density at radius 2 is 1.69 bits per heavy atom. The van der Waals surface area contributed by atoms with Crippen LogP contribution in [-0.2, 0) is 9.59 Å². The molecule has 1 N–H and O–H groups in total. The Labute approximate surface area is 213 Å². The summed E-state index contributed by atoms with van der Waals surface area (Å²) < 4.78 is 16.6. The van der Waals surface area contributed by atoms with Crippen molar-refractivity contribution in [1.82, 2.24) is 9.80 Å². The lowest BCUT2D eigenvalue weighted by Crippen LogP contribution is -2.32. The van der Waals surface area contributed by atoms with E-state index in [0.29, 0.717) is 53.9 Å². The molecule has 1 atom stereocenters. The molecule has 8 nitrogen and oxygen atoms in total. The fourth-order valence-electron chi connectivity index (χ4n) is 4.16. The molecule has 1 unspecified atom stereocenters. The number of Topliss-reactive ketones (excluding diaryl/α,β-unsaturated/α-hetero) is 1. The van der Waals surface area contributed by atoms with Crippen LogP contribution in [0, 0.1) is 5.92 Å². The molecule has 1 aliphatic rings. The maximum atomic E-state index is 13.3. The molecule has 8 heteroatoms. The molecule has 0 bridgehead atoms. The second-order valence-corrected chi connectivity index (χ2v) is 9.49. The van der Waals surface area contributed by atoms with Crippen LogP contribution in [0.2, 0.25) is 0 Å². The lowest BCUT2D eigenvalue weighted by atomic mass is 9.94. The molecule has 1 fully saturated rings. The minimum Gasteiger partial charge on any atom is -0.507 e. The van der Waals surface area contributed by atoms with Gasteiger partial charge in [-0.3, -0.25) is 9.59 Å². The molecule has 194 valence electrons. The van der Waals surface area contributed by atoms with Gasteiger partial charge in [0.1, 0.15) is 23.0 Å². The molecule has 1 heterocycles. The zero-order chi connectivity index (χ0) is 26.4. The number of aliphatic hydroxyl groups is 1. The van der Waals surface area contributed by atoms with E-state index in [1.54, 1.807) is 49.6 Å². The third kappa shape index (κ3) is 5.99. The summed E-state index contributed by atoms with van der Waals surface area (Å²) in [5.74, 6) is 0.482. The molecule has 0 aromatic heterocycles. The van der Waals surface area contributed by atoms with Gasteiger partial charge in [-0.15, -0.1) is 0 Å². The maximum Gasteiger partial charge on any atom is 0.295 e. The normalized spacial score (nSPS) is 17.2. The number of likely N-dealkylation sites (tertiary alicyclic amines) is 1. The Balaban J connectivity index is 2.08. The monoisotopic (exact) mass is 496 g/mol. The molecule has 3 rings (SSSR count). The number of ketones is 1. The fraction of sp³-hybridized carbons (Fsp3) is 0.429. The first-order chi connectivity index (χ1) is 17.2. The van der Waals surface area contributed by atoms with Crippen molar-refractivity contribution in [1.29, 1.82) is 0 Å². The van der Waals surface area contributed by atoms with E-state index in [1.807, 2.05) is 19.0 Å². The Kier molecular flexibility index (Phi) is 8.98. The largest absolute Gasteiger partial charge is 0.507 e. The number of aliphatic hydroxyl groups excluding tert-OH is 1. The van der Waals surface area contributed by atoms with Crippen LogP contribution in [0.1, 0.15) is 37.4 Å². The molecule has 1 amide bonds. The van der Waals surface area contributed by atoms with E-state index >= 15 is 0 Å².